The Morgan fingerprint density at radius 2 is 1.79 bits per heavy atom. The largest absolute Gasteiger partial charge is 0.497 e. The zero-order valence-electron chi connectivity index (χ0n) is 16.5. The molecule has 1 aliphatic heterocycles. The Morgan fingerprint density at radius 1 is 1.04 bits per heavy atom. The van der Waals surface area contributed by atoms with Crippen LogP contribution in [0.3, 0.4) is 0 Å². The molecule has 2 aromatic carbocycles. The first-order valence-corrected chi connectivity index (χ1v) is 9.62. The van der Waals surface area contributed by atoms with Crippen molar-refractivity contribution in [2.75, 3.05) is 40.5 Å². The van der Waals surface area contributed by atoms with Crippen molar-refractivity contribution >= 4 is 5.91 Å². The number of nitrogens with one attached hydrogen (secondary N) is 1. The van der Waals surface area contributed by atoms with Crippen molar-refractivity contribution in [1.29, 1.82) is 0 Å². The number of likely N-dealkylation sites (tertiary alicyclic amines) is 1. The Labute approximate surface area is 166 Å². The zero-order valence-corrected chi connectivity index (χ0v) is 16.5. The van der Waals surface area contributed by atoms with Crippen molar-refractivity contribution in [3.8, 4) is 17.2 Å². The molecular weight excluding hydrogens is 356 g/mol. The van der Waals surface area contributed by atoms with Crippen molar-refractivity contribution in [3.05, 3.63) is 54.1 Å². The number of ether oxygens (including phenoxy) is 3. The van der Waals surface area contributed by atoms with Gasteiger partial charge in [-0.1, -0.05) is 24.3 Å². The summed E-state index contributed by atoms with van der Waals surface area (Å²) in [6, 6.07) is 15.3. The Balaban J connectivity index is 1.60. The van der Waals surface area contributed by atoms with E-state index in [0.29, 0.717) is 18.0 Å². The summed E-state index contributed by atoms with van der Waals surface area (Å²) in [5.41, 5.74) is 1.10. The monoisotopic (exact) mass is 384 g/mol. The summed E-state index contributed by atoms with van der Waals surface area (Å²) in [5.74, 6) is 2.00. The number of methoxy groups -OCH3 is 2. The van der Waals surface area contributed by atoms with Gasteiger partial charge >= 0.3 is 0 Å². The molecule has 1 atom stereocenters. The maximum absolute atomic E-state index is 12.4. The number of hydrogen-bond donors (Lipinski definition) is 1. The van der Waals surface area contributed by atoms with Gasteiger partial charge in [0.05, 0.1) is 20.3 Å². The second-order valence-corrected chi connectivity index (χ2v) is 6.77. The van der Waals surface area contributed by atoms with Gasteiger partial charge in [0.25, 0.3) is 5.91 Å². The Bertz CT molecular complexity index is 775. The van der Waals surface area contributed by atoms with E-state index in [1.807, 2.05) is 30.3 Å². The summed E-state index contributed by atoms with van der Waals surface area (Å²) >= 11 is 0. The molecule has 6 nitrogen and oxygen atoms in total. The lowest BCUT2D eigenvalue weighted by Crippen LogP contribution is -2.38. The number of nitrogens with zero attached hydrogens (tertiary/aromatic N) is 1. The van der Waals surface area contributed by atoms with Crippen molar-refractivity contribution < 1.29 is 19.0 Å². The number of amides is 1. The molecule has 1 heterocycles. The van der Waals surface area contributed by atoms with Gasteiger partial charge < -0.3 is 19.5 Å². The van der Waals surface area contributed by atoms with E-state index in [0.717, 1.165) is 24.4 Å². The van der Waals surface area contributed by atoms with Gasteiger partial charge in [0, 0.05) is 18.2 Å². The second-order valence-electron chi connectivity index (χ2n) is 6.77. The van der Waals surface area contributed by atoms with Crippen LogP contribution in [0.1, 0.15) is 24.4 Å². The topological polar surface area (TPSA) is 60.0 Å². The van der Waals surface area contributed by atoms with Gasteiger partial charge in [-0.15, -0.1) is 0 Å². The lowest BCUT2D eigenvalue weighted by atomic mass is 10.0. The average Bonchev–Trinajstić information content (AvgIpc) is 3.27. The van der Waals surface area contributed by atoms with Crippen molar-refractivity contribution in [1.82, 2.24) is 10.2 Å². The van der Waals surface area contributed by atoms with E-state index in [-0.39, 0.29) is 18.6 Å². The predicted octanol–water partition coefficient (Wildman–Crippen LogP) is 3.04. The molecule has 0 aliphatic carbocycles. The first-order chi connectivity index (χ1) is 13.7. The quantitative estimate of drug-likeness (QED) is 0.720. The smallest absolute Gasteiger partial charge is 0.258 e. The molecule has 0 radical (unpaired) electrons. The highest BCUT2D eigenvalue weighted by atomic mass is 16.5. The zero-order chi connectivity index (χ0) is 19.8. The Kier molecular flexibility index (Phi) is 7.14. The molecule has 0 spiro atoms. The van der Waals surface area contributed by atoms with E-state index in [9.17, 15) is 4.79 Å². The van der Waals surface area contributed by atoms with Gasteiger partial charge in [0.1, 0.15) is 17.2 Å². The number of benzene rings is 2. The van der Waals surface area contributed by atoms with Crippen LogP contribution in [0.15, 0.2) is 48.5 Å². The van der Waals surface area contributed by atoms with Crippen molar-refractivity contribution in [2.45, 2.75) is 18.9 Å². The fourth-order valence-corrected chi connectivity index (χ4v) is 3.53. The first kappa shape index (κ1) is 20.0. The SMILES string of the molecule is COc1cccc(OCC(=O)NCC(c2ccccc2OC)N2CCCC2)c1. The predicted molar refractivity (Wildman–Crippen MR) is 108 cm³/mol. The fourth-order valence-electron chi connectivity index (χ4n) is 3.53. The molecule has 1 amide bonds. The molecule has 0 bridgehead atoms. The van der Waals surface area contributed by atoms with Crippen LogP contribution in [0.25, 0.3) is 0 Å². The molecule has 28 heavy (non-hydrogen) atoms. The van der Waals surface area contributed by atoms with E-state index in [1.165, 1.54) is 12.8 Å². The van der Waals surface area contributed by atoms with E-state index in [1.54, 1.807) is 26.4 Å². The number of rotatable bonds is 9. The lowest BCUT2D eigenvalue weighted by Gasteiger charge is -2.29. The van der Waals surface area contributed by atoms with E-state index in [4.69, 9.17) is 14.2 Å². The maximum Gasteiger partial charge on any atom is 0.258 e. The van der Waals surface area contributed by atoms with Crippen LogP contribution in [0.2, 0.25) is 0 Å². The molecule has 0 aromatic heterocycles. The van der Waals surface area contributed by atoms with Crippen LogP contribution in [-0.2, 0) is 4.79 Å². The molecule has 0 saturated carbocycles. The van der Waals surface area contributed by atoms with Crippen LogP contribution in [0.4, 0.5) is 0 Å². The maximum atomic E-state index is 12.4. The Hall–Kier alpha value is -2.73. The van der Waals surface area contributed by atoms with Gasteiger partial charge in [0.2, 0.25) is 0 Å². The normalized spacial score (nSPS) is 15.1. The first-order valence-electron chi connectivity index (χ1n) is 9.62. The number of hydrogen-bond acceptors (Lipinski definition) is 5. The summed E-state index contributed by atoms with van der Waals surface area (Å²) in [5, 5.41) is 3.02. The third-order valence-corrected chi connectivity index (χ3v) is 4.98. The van der Waals surface area contributed by atoms with Crippen LogP contribution in [0, 0.1) is 0 Å². The highest BCUT2D eigenvalue weighted by Gasteiger charge is 2.26. The molecule has 6 heteroatoms. The van der Waals surface area contributed by atoms with E-state index in [2.05, 4.69) is 16.3 Å². The van der Waals surface area contributed by atoms with Gasteiger partial charge in [-0.3, -0.25) is 9.69 Å². The third kappa shape index (κ3) is 5.16. The molecule has 1 aliphatic rings. The minimum absolute atomic E-state index is 0.0359. The second kappa shape index (κ2) is 9.99. The van der Waals surface area contributed by atoms with Crippen LogP contribution < -0.4 is 19.5 Å². The minimum atomic E-state index is -0.151. The molecule has 1 fully saturated rings. The van der Waals surface area contributed by atoms with Gasteiger partial charge in [-0.05, 0) is 44.1 Å². The summed E-state index contributed by atoms with van der Waals surface area (Å²) in [7, 11) is 3.28. The number of carbonyl (C=O) groups excluding carboxylic acids is 1. The van der Waals surface area contributed by atoms with Crippen LogP contribution in [-0.4, -0.2) is 51.3 Å². The standard InChI is InChI=1S/C22H28N2O4/c1-26-17-8-7-9-18(14-17)28-16-22(25)23-15-20(24-12-5-6-13-24)19-10-3-4-11-21(19)27-2/h3-4,7-11,14,20H,5-6,12-13,15-16H2,1-2H3,(H,23,25). The summed E-state index contributed by atoms with van der Waals surface area (Å²) in [6.07, 6.45) is 2.36. The highest BCUT2D eigenvalue weighted by Crippen LogP contribution is 2.31. The van der Waals surface area contributed by atoms with E-state index < -0.39 is 0 Å². The Morgan fingerprint density at radius 3 is 2.54 bits per heavy atom. The molecule has 1 saturated heterocycles. The van der Waals surface area contributed by atoms with Crippen molar-refractivity contribution in [2.24, 2.45) is 0 Å². The number of carbonyl (C=O) groups is 1. The van der Waals surface area contributed by atoms with Gasteiger partial charge in [-0.25, -0.2) is 0 Å². The molecular formula is C22H28N2O4. The average molecular weight is 384 g/mol. The van der Waals surface area contributed by atoms with Gasteiger partial charge in [0.15, 0.2) is 6.61 Å². The molecule has 2 aromatic rings. The molecule has 1 unspecified atom stereocenters. The molecule has 150 valence electrons. The fraction of sp³-hybridized carbons (Fsp3) is 0.409. The molecule has 1 N–H and O–H groups in total. The summed E-state index contributed by atoms with van der Waals surface area (Å²) in [4.78, 5) is 14.8. The minimum Gasteiger partial charge on any atom is -0.497 e. The van der Waals surface area contributed by atoms with Crippen molar-refractivity contribution in [3.63, 3.8) is 0 Å². The van der Waals surface area contributed by atoms with Crippen LogP contribution in [0.5, 0.6) is 17.2 Å². The highest BCUT2D eigenvalue weighted by molar-refractivity contribution is 5.77. The summed E-state index contributed by atoms with van der Waals surface area (Å²) < 4.78 is 16.3. The lowest BCUT2D eigenvalue weighted by molar-refractivity contribution is -0.123. The number of para-hydroxylation sites is 1. The molecule has 3 rings (SSSR count). The van der Waals surface area contributed by atoms with Gasteiger partial charge in [-0.2, -0.15) is 0 Å². The van der Waals surface area contributed by atoms with Crippen LogP contribution >= 0.6 is 0 Å². The van der Waals surface area contributed by atoms with E-state index >= 15 is 0 Å². The third-order valence-electron chi connectivity index (χ3n) is 4.98. The summed E-state index contributed by atoms with van der Waals surface area (Å²) in [6.45, 7) is 2.53.